The van der Waals surface area contributed by atoms with E-state index in [1.807, 2.05) is 97.1 Å². The van der Waals surface area contributed by atoms with Gasteiger partial charge in [0.2, 0.25) is 0 Å². The summed E-state index contributed by atoms with van der Waals surface area (Å²) in [6.07, 6.45) is 0. The highest BCUT2D eigenvalue weighted by atomic mass is 16.3. The van der Waals surface area contributed by atoms with Gasteiger partial charge in [-0.25, -0.2) is 15.0 Å². The van der Waals surface area contributed by atoms with E-state index in [4.69, 9.17) is 30.3 Å². The quantitative estimate of drug-likeness (QED) is 0.186. The molecule has 234 valence electrons. The summed E-state index contributed by atoms with van der Waals surface area (Å²) < 4.78 is 77.5. The molecule has 0 bridgehead atoms. The lowest BCUT2D eigenvalue weighted by atomic mass is 10.0. The van der Waals surface area contributed by atoms with Gasteiger partial charge < -0.3 is 8.98 Å². The standard InChI is InChI=1S/C45H28N4O/c1-3-12-29(13-4-1)30-22-24-32(25-23-30)44-46-43(31-14-5-2-6-15-31)47-45(48-44)33-26-27-36-37-18-11-21-40(42(37)50-41(36)28-33)49-38-19-9-7-16-34(38)35-17-8-10-20-39(35)49/h1-28H/i7D,8D,9D,10D,16D,17D,19D,20D. The van der Waals surface area contributed by atoms with Crippen molar-refractivity contribution in [3.63, 3.8) is 0 Å². The first-order valence-electron chi connectivity index (χ1n) is 20.0. The molecule has 0 amide bonds. The Morgan fingerprint density at radius 2 is 0.960 bits per heavy atom. The SMILES string of the molecule is [2H]c1c([2H])c([2H])c2c(c1[2H])c1c([2H])c([2H])c([2H])c([2H])c1n2-c1cccc2c1oc1cc(-c3nc(-c4ccccc4)nc(-c4ccc(-c5ccccc5)cc4)n3)ccc12. The van der Waals surface area contributed by atoms with Gasteiger partial charge in [-0.1, -0.05) is 139 Å². The van der Waals surface area contributed by atoms with Crippen molar-refractivity contribution in [1.29, 1.82) is 0 Å². The Kier molecular flexibility index (Phi) is 4.83. The minimum Gasteiger partial charge on any atom is -0.454 e. The van der Waals surface area contributed by atoms with Gasteiger partial charge in [0.15, 0.2) is 23.1 Å². The molecule has 0 aliphatic rings. The number of furan rings is 1. The number of nitrogens with zero attached hydrogens (tertiary/aromatic N) is 4. The molecule has 0 N–H and O–H groups in total. The zero-order valence-corrected chi connectivity index (χ0v) is 26.2. The summed E-state index contributed by atoms with van der Waals surface area (Å²) in [5, 5.41) is 1.44. The minimum absolute atomic E-state index is 0.00188. The van der Waals surface area contributed by atoms with Gasteiger partial charge >= 0.3 is 0 Å². The number of para-hydroxylation sites is 3. The van der Waals surface area contributed by atoms with Crippen molar-refractivity contribution in [1.82, 2.24) is 19.5 Å². The Balaban J connectivity index is 1.18. The van der Waals surface area contributed by atoms with Gasteiger partial charge in [-0.3, -0.25) is 0 Å². The Morgan fingerprint density at radius 3 is 1.62 bits per heavy atom. The zero-order chi connectivity index (χ0) is 40.0. The third-order valence-corrected chi connectivity index (χ3v) is 8.93. The van der Waals surface area contributed by atoms with Gasteiger partial charge in [-0.15, -0.1) is 0 Å². The first-order valence-corrected chi connectivity index (χ1v) is 16.0. The fraction of sp³-hybridized carbons (Fsp3) is 0. The predicted octanol–water partition coefficient (Wildman–Crippen LogP) is 11.5. The average molecular weight is 649 g/mol. The van der Waals surface area contributed by atoms with Crippen LogP contribution in [0, 0.1) is 0 Å². The predicted molar refractivity (Wildman–Crippen MR) is 203 cm³/mol. The van der Waals surface area contributed by atoms with Gasteiger partial charge in [0, 0.05) is 38.2 Å². The molecule has 0 radical (unpaired) electrons. The molecule has 10 rings (SSSR count). The van der Waals surface area contributed by atoms with Crippen molar-refractivity contribution in [2.24, 2.45) is 0 Å². The van der Waals surface area contributed by atoms with Crippen LogP contribution in [0.1, 0.15) is 11.0 Å². The number of benzene rings is 7. The second-order valence-electron chi connectivity index (χ2n) is 11.9. The maximum atomic E-state index is 8.97. The van der Waals surface area contributed by atoms with E-state index in [-0.39, 0.29) is 33.9 Å². The van der Waals surface area contributed by atoms with Crippen LogP contribution in [-0.4, -0.2) is 19.5 Å². The minimum atomic E-state index is -0.500. The highest BCUT2D eigenvalue weighted by Gasteiger charge is 2.19. The third kappa shape index (κ3) is 4.60. The maximum absolute atomic E-state index is 8.97. The van der Waals surface area contributed by atoms with E-state index >= 15 is 0 Å². The lowest BCUT2D eigenvalue weighted by molar-refractivity contribution is 0.666. The third-order valence-electron chi connectivity index (χ3n) is 8.93. The molecule has 3 aromatic heterocycles. The summed E-state index contributed by atoms with van der Waals surface area (Å²) in [5.41, 5.74) is 5.69. The summed E-state index contributed by atoms with van der Waals surface area (Å²) in [7, 11) is 0. The van der Waals surface area contributed by atoms with E-state index in [1.165, 1.54) is 4.57 Å². The Morgan fingerprint density at radius 1 is 0.440 bits per heavy atom. The summed E-state index contributed by atoms with van der Waals surface area (Å²) in [5.74, 6) is 1.42. The smallest absolute Gasteiger partial charge is 0.164 e. The fourth-order valence-electron chi connectivity index (χ4n) is 6.55. The number of fused-ring (bicyclic) bond motifs is 6. The first-order chi connectivity index (χ1) is 28.1. The molecule has 0 aliphatic heterocycles. The van der Waals surface area contributed by atoms with Gasteiger partial charge in [0.05, 0.1) is 27.7 Å². The highest BCUT2D eigenvalue weighted by molar-refractivity contribution is 6.13. The molecule has 0 fully saturated rings. The Hall–Kier alpha value is -6.85. The summed E-state index contributed by atoms with van der Waals surface area (Å²) in [6.45, 7) is 0. The van der Waals surface area contributed by atoms with E-state index in [2.05, 4.69) is 12.1 Å². The van der Waals surface area contributed by atoms with Gasteiger partial charge in [0.25, 0.3) is 0 Å². The molecule has 0 spiro atoms. The molecule has 3 heterocycles. The van der Waals surface area contributed by atoms with Crippen LogP contribution in [0.3, 0.4) is 0 Å². The number of hydrogen-bond acceptors (Lipinski definition) is 4. The van der Waals surface area contributed by atoms with Gasteiger partial charge in [0.1, 0.15) is 5.58 Å². The lowest BCUT2D eigenvalue weighted by Crippen LogP contribution is -2.00. The average Bonchev–Trinajstić information content (AvgIpc) is 3.83. The molecule has 7 aromatic carbocycles. The summed E-state index contributed by atoms with van der Waals surface area (Å²) in [6, 6.07) is 35.4. The number of rotatable bonds is 5. The highest BCUT2D eigenvalue weighted by Crippen LogP contribution is 2.39. The molecule has 0 saturated heterocycles. The lowest BCUT2D eigenvalue weighted by Gasteiger charge is -2.09. The summed E-state index contributed by atoms with van der Waals surface area (Å²) >= 11 is 0. The summed E-state index contributed by atoms with van der Waals surface area (Å²) in [4.78, 5) is 14.7. The van der Waals surface area contributed by atoms with Gasteiger partial charge in [-0.2, -0.15) is 0 Å². The molecule has 0 unspecified atom stereocenters. The monoisotopic (exact) mass is 648 g/mol. The van der Waals surface area contributed by atoms with Crippen molar-refractivity contribution in [3.05, 3.63) is 170 Å². The molecular formula is C45H28N4O. The van der Waals surface area contributed by atoms with E-state index in [0.29, 0.717) is 45.3 Å². The van der Waals surface area contributed by atoms with E-state index in [1.54, 1.807) is 12.1 Å². The fourth-order valence-corrected chi connectivity index (χ4v) is 6.55. The van der Waals surface area contributed by atoms with Crippen LogP contribution in [0.25, 0.3) is 94.7 Å². The molecular weight excluding hydrogens is 613 g/mol. The van der Waals surface area contributed by atoms with Crippen LogP contribution in [0.5, 0.6) is 0 Å². The maximum Gasteiger partial charge on any atom is 0.164 e. The molecule has 0 aliphatic carbocycles. The molecule has 10 aromatic rings. The van der Waals surface area contributed by atoms with E-state index in [0.717, 1.165) is 27.6 Å². The second kappa shape index (κ2) is 11.4. The number of aromatic nitrogens is 4. The second-order valence-corrected chi connectivity index (χ2v) is 11.9. The van der Waals surface area contributed by atoms with E-state index in [9.17, 15) is 0 Å². The Bertz CT molecular complexity index is 3240. The molecule has 5 nitrogen and oxygen atoms in total. The van der Waals surface area contributed by atoms with Crippen molar-refractivity contribution >= 4 is 43.7 Å². The molecule has 0 atom stereocenters. The molecule has 50 heavy (non-hydrogen) atoms. The number of hydrogen-bond donors (Lipinski definition) is 0. The van der Waals surface area contributed by atoms with Crippen LogP contribution in [-0.2, 0) is 0 Å². The Labute approximate surface area is 299 Å². The van der Waals surface area contributed by atoms with Gasteiger partial charge in [-0.05, 0) is 41.4 Å². The topological polar surface area (TPSA) is 56.7 Å². The van der Waals surface area contributed by atoms with Crippen LogP contribution >= 0.6 is 0 Å². The largest absolute Gasteiger partial charge is 0.454 e. The molecule has 5 heteroatoms. The first kappa shape index (κ1) is 21.2. The van der Waals surface area contributed by atoms with Crippen LogP contribution in [0.2, 0.25) is 0 Å². The van der Waals surface area contributed by atoms with Crippen LogP contribution in [0.4, 0.5) is 0 Å². The van der Waals surface area contributed by atoms with Crippen molar-refractivity contribution in [3.8, 4) is 51.0 Å². The van der Waals surface area contributed by atoms with Crippen molar-refractivity contribution in [2.45, 2.75) is 0 Å². The van der Waals surface area contributed by atoms with Crippen molar-refractivity contribution < 1.29 is 15.4 Å². The zero-order valence-electron chi connectivity index (χ0n) is 34.2. The van der Waals surface area contributed by atoms with Crippen LogP contribution < -0.4 is 0 Å². The van der Waals surface area contributed by atoms with Crippen LogP contribution in [0.15, 0.2) is 174 Å². The normalized spacial score (nSPS) is 13.8. The van der Waals surface area contributed by atoms with E-state index < -0.39 is 36.3 Å². The molecule has 0 saturated carbocycles. The van der Waals surface area contributed by atoms with Crippen molar-refractivity contribution in [2.75, 3.05) is 0 Å².